The van der Waals surface area contributed by atoms with Crippen molar-refractivity contribution < 1.29 is 13.9 Å². The highest BCUT2D eigenvalue weighted by Gasteiger charge is 2.05. The molecule has 19 heavy (non-hydrogen) atoms. The second-order valence-corrected chi connectivity index (χ2v) is 4.48. The van der Waals surface area contributed by atoms with Gasteiger partial charge in [0.15, 0.2) is 0 Å². The molecule has 1 aromatic carbocycles. The molecule has 1 aromatic rings. The van der Waals surface area contributed by atoms with E-state index >= 15 is 0 Å². The first kappa shape index (κ1) is 15.7. The Morgan fingerprint density at radius 2 is 2.16 bits per heavy atom. The third kappa shape index (κ3) is 6.36. The summed E-state index contributed by atoms with van der Waals surface area (Å²) in [6.45, 7) is 8.25. The van der Waals surface area contributed by atoms with Crippen LogP contribution in [0.4, 0.5) is 4.39 Å². The van der Waals surface area contributed by atoms with Gasteiger partial charge in [-0.05, 0) is 25.1 Å². The van der Waals surface area contributed by atoms with Crippen molar-refractivity contribution in [3.05, 3.63) is 41.7 Å². The molecule has 0 saturated heterocycles. The smallest absolute Gasteiger partial charge is 0.123 e. The molecule has 0 radical (unpaired) electrons. The summed E-state index contributed by atoms with van der Waals surface area (Å²) in [5.74, 6) is 0.461. The molecule has 0 aliphatic carbocycles. The zero-order valence-corrected chi connectivity index (χ0v) is 11.7. The van der Waals surface area contributed by atoms with Crippen molar-refractivity contribution >= 4 is 0 Å². The Kier molecular flexibility index (Phi) is 7.15. The van der Waals surface area contributed by atoms with Gasteiger partial charge in [-0.25, -0.2) is 4.39 Å². The summed E-state index contributed by atoms with van der Waals surface area (Å²) in [5, 5.41) is 3.18. The van der Waals surface area contributed by atoms with Crippen molar-refractivity contribution in [3.8, 4) is 5.75 Å². The molecular weight excluding hydrogens is 245 g/mol. The second kappa shape index (κ2) is 8.67. The molecule has 1 N–H and O–H groups in total. The monoisotopic (exact) mass is 267 g/mol. The molecule has 0 aromatic heterocycles. The average Bonchev–Trinajstić information content (AvgIpc) is 2.36. The van der Waals surface area contributed by atoms with Gasteiger partial charge in [0.1, 0.15) is 11.6 Å². The van der Waals surface area contributed by atoms with Gasteiger partial charge in [0.05, 0.1) is 13.2 Å². The third-order valence-electron chi connectivity index (χ3n) is 2.61. The number of ether oxygens (including phenoxy) is 2. The lowest BCUT2D eigenvalue weighted by molar-refractivity contribution is 0.199. The molecule has 0 unspecified atom stereocenters. The van der Waals surface area contributed by atoms with Crippen molar-refractivity contribution in [3.63, 3.8) is 0 Å². The molecule has 0 saturated carbocycles. The summed E-state index contributed by atoms with van der Waals surface area (Å²) >= 11 is 0. The molecule has 0 fully saturated rings. The predicted octanol–water partition coefficient (Wildman–Crippen LogP) is 2.91. The van der Waals surface area contributed by atoms with Crippen LogP contribution in [0.3, 0.4) is 0 Å². The number of hydrogen-bond acceptors (Lipinski definition) is 3. The maximum absolute atomic E-state index is 13.3. The zero-order chi connectivity index (χ0) is 14.1. The molecule has 0 amide bonds. The number of benzene rings is 1. The summed E-state index contributed by atoms with van der Waals surface area (Å²) in [7, 11) is 1.65. The lowest BCUT2D eigenvalue weighted by Crippen LogP contribution is -2.19. The minimum Gasteiger partial charge on any atom is -0.493 e. The lowest BCUT2D eigenvalue weighted by Gasteiger charge is -2.12. The minimum atomic E-state index is -0.254. The first-order chi connectivity index (χ1) is 9.13. The van der Waals surface area contributed by atoms with Crippen LogP contribution in [0.2, 0.25) is 0 Å². The van der Waals surface area contributed by atoms with Crippen LogP contribution >= 0.6 is 0 Å². The van der Waals surface area contributed by atoms with Crippen molar-refractivity contribution in [1.82, 2.24) is 5.32 Å². The van der Waals surface area contributed by atoms with E-state index in [0.29, 0.717) is 25.5 Å². The Bertz CT molecular complexity index is 407. The molecule has 0 aliphatic rings. The quantitative estimate of drug-likeness (QED) is 0.551. The van der Waals surface area contributed by atoms with Crippen LogP contribution in [0.15, 0.2) is 30.4 Å². The van der Waals surface area contributed by atoms with Crippen molar-refractivity contribution in [1.29, 1.82) is 0 Å². The largest absolute Gasteiger partial charge is 0.493 e. The topological polar surface area (TPSA) is 30.5 Å². The Morgan fingerprint density at radius 3 is 2.84 bits per heavy atom. The molecule has 1 rings (SSSR count). The lowest BCUT2D eigenvalue weighted by atomic mass is 10.2. The summed E-state index contributed by atoms with van der Waals surface area (Å²) in [4.78, 5) is 0. The van der Waals surface area contributed by atoms with Crippen LogP contribution < -0.4 is 10.1 Å². The second-order valence-electron chi connectivity index (χ2n) is 4.48. The highest BCUT2D eigenvalue weighted by molar-refractivity contribution is 5.34. The summed E-state index contributed by atoms with van der Waals surface area (Å²) in [6, 6.07) is 4.58. The van der Waals surface area contributed by atoms with Gasteiger partial charge >= 0.3 is 0 Å². The minimum absolute atomic E-state index is 0.254. The van der Waals surface area contributed by atoms with E-state index in [1.807, 2.05) is 6.92 Å². The van der Waals surface area contributed by atoms with E-state index in [4.69, 9.17) is 9.47 Å². The van der Waals surface area contributed by atoms with E-state index in [0.717, 1.165) is 24.1 Å². The van der Waals surface area contributed by atoms with E-state index in [-0.39, 0.29) is 5.82 Å². The van der Waals surface area contributed by atoms with Crippen molar-refractivity contribution in [2.45, 2.75) is 19.9 Å². The summed E-state index contributed by atoms with van der Waals surface area (Å²) in [5.41, 5.74) is 1.89. The SMILES string of the molecule is C=C(C)CCOc1ccc(F)cc1CNCCOC. The van der Waals surface area contributed by atoms with Gasteiger partial charge < -0.3 is 14.8 Å². The van der Waals surface area contributed by atoms with Gasteiger partial charge in [0.2, 0.25) is 0 Å². The molecule has 106 valence electrons. The van der Waals surface area contributed by atoms with Crippen LogP contribution in [0.5, 0.6) is 5.75 Å². The van der Waals surface area contributed by atoms with E-state index in [1.165, 1.54) is 12.1 Å². The van der Waals surface area contributed by atoms with E-state index in [2.05, 4.69) is 11.9 Å². The maximum Gasteiger partial charge on any atom is 0.123 e. The fraction of sp³-hybridized carbons (Fsp3) is 0.467. The molecule has 0 heterocycles. The first-order valence-electron chi connectivity index (χ1n) is 6.38. The molecule has 0 bridgehead atoms. The highest BCUT2D eigenvalue weighted by Crippen LogP contribution is 2.20. The van der Waals surface area contributed by atoms with Crippen molar-refractivity contribution in [2.75, 3.05) is 26.9 Å². The van der Waals surface area contributed by atoms with Crippen LogP contribution in [-0.2, 0) is 11.3 Å². The van der Waals surface area contributed by atoms with Crippen LogP contribution in [0.1, 0.15) is 18.9 Å². The number of hydrogen-bond donors (Lipinski definition) is 1. The number of halogens is 1. The number of rotatable bonds is 9. The molecule has 0 aliphatic heterocycles. The maximum atomic E-state index is 13.3. The van der Waals surface area contributed by atoms with Crippen LogP contribution in [0.25, 0.3) is 0 Å². The first-order valence-corrected chi connectivity index (χ1v) is 6.38. The van der Waals surface area contributed by atoms with Crippen LogP contribution in [-0.4, -0.2) is 26.9 Å². The van der Waals surface area contributed by atoms with Gasteiger partial charge in [-0.3, -0.25) is 0 Å². The Balaban J connectivity index is 2.55. The van der Waals surface area contributed by atoms with Crippen molar-refractivity contribution in [2.24, 2.45) is 0 Å². The molecule has 0 spiro atoms. The van der Waals surface area contributed by atoms with E-state index < -0.39 is 0 Å². The molecule has 3 nitrogen and oxygen atoms in total. The molecular formula is C15H22FNO2. The van der Waals surface area contributed by atoms with Gasteiger partial charge in [-0.15, -0.1) is 6.58 Å². The van der Waals surface area contributed by atoms with Gasteiger partial charge in [-0.1, -0.05) is 5.57 Å². The number of methoxy groups -OCH3 is 1. The number of nitrogens with one attached hydrogen (secondary N) is 1. The summed E-state index contributed by atoms with van der Waals surface area (Å²) < 4.78 is 23.9. The van der Waals surface area contributed by atoms with Gasteiger partial charge in [-0.2, -0.15) is 0 Å². The van der Waals surface area contributed by atoms with Crippen LogP contribution in [0, 0.1) is 5.82 Å². The highest BCUT2D eigenvalue weighted by atomic mass is 19.1. The zero-order valence-electron chi connectivity index (χ0n) is 11.7. The van der Waals surface area contributed by atoms with E-state index in [1.54, 1.807) is 13.2 Å². The predicted molar refractivity (Wildman–Crippen MR) is 74.9 cm³/mol. The Labute approximate surface area is 114 Å². The van der Waals surface area contributed by atoms with Gasteiger partial charge in [0.25, 0.3) is 0 Å². The fourth-order valence-corrected chi connectivity index (χ4v) is 1.56. The fourth-order valence-electron chi connectivity index (χ4n) is 1.56. The molecule has 4 heteroatoms. The average molecular weight is 267 g/mol. The Hall–Kier alpha value is -1.39. The Morgan fingerprint density at radius 1 is 1.37 bits per heavy atom. The third-order valence-corrected chi connectivity index (χ3v) is 2.61. The normalized spacial score (nSPS) is 10.5. The van der Waals surface area contributed by atoms with Gasteiger partial charge in [0, 0.05) is 32.2 Å². The standard InChI is InChI=1S/C15H22FNO2/c1-12(2)6-8-19-15-5-4-14(16)10-13(15)11-17-7-9-18-3/h4-5,10,17H,1,6-9,11H2,2-3H3. The van der Waals surface area contributed by atoms with E-state index in [9.17, 15) is 4.39 Å². The molecule has 0 atom stereocenters. The summed E-state index contributed by atoms with van der Waals surface area (Å²) in [6.07, 6.45) is 0.800.